The van der Waals surface area contributed by atoms with Crippen LogP contribution in [-0.2, 0) is 0 Å². The third-order valence-electron chi connectivity index (χ3n) is 6.68. The Labute approximate surface area is 217 Å². The first-order valence-corrected chi connectivity index (χ1v) is 12.8. The smallest absolute Gasteiger partial charge is 0.253 e. The third-order valence-corrected chi connectivity index (χ3v) is 6.68. The molecule has 3 N–H and O–H groups in total. The van der Waals surface area contributed by atoms with E-state index in [0.29, 0.717) is 12.1 Å². The van der Waals surface area contributed by atoms with E-state index >= 15 is 0 Å². The van der Waals surface area contributed by atoms with E-state index in [4.69, 9.17) is 0 Å². The van der Waals surface area contributed by atoms with Gasteiger partial charge in [0.1, 0.15) is 0 Å². The number of piperazine rings is 1. The number of amides is 1. The SMILES string of the molecule is CN1CCN(CCCNC(=O)c2ccccc2Nc2ccc3c(/C=C/c4ccccn4)n[nH]c3c2)CC1. The topological polar surface area (TPSA) is 89.2 Å². The second-order valence-electron chi connectivity index (χ2n) is 9.38. The van der Waals surface area contributed by atoms with E-state index in [1.165, 1.54) is 0 Å². The van der Waals surface area contributed by atoms with Crippen molar-refractivity contribution in [1.82, 2.24) is 30.3 Å². The zero-order valence-corrected chi connectivity index (χ0v) is 21.2. The highest BCUT2D eigenvalue weighted by Gasteiger charge is 2.14. The largest absolute Gasteiger partial charge is 0.355 e. The second kappa shape index (κ2) is 11.8. The second-order valence-corrected chi connectivity index (χ2v) is 9.38. The number of aromatic amines is 1. The van der Waals surface area contributed by atoms with Gasteiger partial charge in [0.25, 0.3) is 5.91 Å². The molecule has 2 aromatic carbocycles. The molecule has 0 aliphatic carbocycles. The monoisotopic (exact) mass is 495 g/mol. The van der Waals surface area contributed by atoms with E-state index < -0.39 is 0 Å². The van der Waals surface area contributed by atoms with Gasteiger partial charge in [-0.3, -0.25) is 14.9 Å². The molecule has 1 amide bonds. The van der Waals surface area contributed by atoms with Gasteiger partial charge < -0.3 is 20.4 Å². The summed E-state index contributed by atoms with van der Waals surface area (Å²) in [4.78, 5) is 22.1. The number of H-pyrrole nitrogens is 1. The number of carbonyl (C=O) groups excluding carboxylic acids is 1. The Hall–Kier alpha value is -4.01. The highest BCUT2D eigenvalue weighted by Crippen LogP contribution is 2.26. The molecular formula is C29H33N7O. The summed E-state index contributed by atoms with van der Waals surface area (Å²) in [6.07, 6.45) is 6.62. The summed E-state index contributed by atoms with van der Waals surface area (Å²) in [6, 6.07) is 19.4. The Morgan fingerprint density at radius 1 is 1.03 bits per heavy atom. The fraction of sp³-hybridized carbons (Fsp3) is 0.276. The third kappa shape index (κ3) is 6.41. The number of pyridine rings is 1. The van der Waals surface area contributed by atoms with Gasteiger partial charge in [-0.05, 0) is 74.6 Å². The Balaban J connectivity index is 1.20. The van der Waals surface area contributed by atoms with Crippen LogP contribution in [0.3, 0.4) is 0 Å². The minimum absolute atomic E-state index is 0.0639. The van der Waals surface area contributed by atoms with Gasteiger partial charge in [0, 0.05) is 50.0 Å². The molecule has 1 aliphatic rings. The van der Waals surface area contributed by atoms with Crippen molar-refractivity contribution in [3.8, 4) is 0 Å². The molecule has 3 heterocycles. The molecule has 1 aliphatic heterocycles. The summed E-state index contributed by atoms with van der Waals surface area (Å²) >= 11 is 0. The number of nitrogens with zero attached hydrogens (tertiary/aromatic N) is 4. The Kier molecular flexibility index (Phi) is 7.88. The zero-order valence-electron chi connectivity index (χ0n) is 21.2. The average Bonchev–Trinajstić information content (AvgIpc) is 3.34. The van der Waals surface area contributed by atoms with Crippen molar-refractivity contribution >= 4 is 40.3 Å². The van der Waals surface area contributed by atoms with Crippen LogP contribution in [0.5, 0.6) is 0 Å². The number of carbonyl (C=O) groups is 1. The van der Waals surface area contributed by atoms with Crippen LogP contribution in [0.1, 0.15) is 28.2 Å². The summed E-state index contributed by atoms with van der Waals surface area (Å²) in [7, 11) is 2.16. The van der Waals surface area contributed by atoms with Crippen molar-refractivity contribution in [3.05, 3.63) is 83.8 Å². The predicted molar refractivity (Wildman–Crippen MR) is 150 cm³/mol. The van der Waals surface area contributed by atoms with Crippen LogP contribution in [0.2, 0.25) is 0 Å². The van der Waals surface area contributed by atoms with Crippen molar-refractivity contribution in [2.45, 2.75) is 6.42 Å². The minimum Gasteiger partial charge on any atom is -0.355 e. The van der Waals surface area contributed by atoms with Crippen LogP contribution in [-0.4, -0.2) is 77.2 Å². The maximum absolute atomic E-state index is 13.0. The molecule has 1 fully saturated rings. The van der Waals surface area contributed by atoms with E-state index in [1.54, 1.807) is 6.20 Å². The lowest BCUT2D eigenvalue weighted by atomic mass is 10.1. The maximum atomic E-state index is 13.0. The number of nitrogens with one attached hydrogen (secondary N) is 3. The molecule has 0 saturated carbocycles. The number of aromatic nitrogens is 3. The van der Waals surface area contributed by atoms with E-state index in [9.17, 15) is 4.79 Å². The van der Waals surface area contributed by atoms with Gasteiger partial charge in [-0.25, -0.2) is 0 Å². The number of hydrogen-bond donors (Lipinski definition) is 3. The molecule has 190 valence electrons. The predicted octanol–water partition coefficient (Wildman–Crippen LogP) is 4.24. The Morgan fingerprint density at radius 2 is 1.86 bits per heavy atom. The minimum atomic E-state index is -0.0639. The molecule has 37 heavy (non-hydrogen) atoms. The van der Waals surface area contributed by atoms with Crippen LogP contribution >= 0.6 is 0 Å². The van der Waals surface area contributed by atoms with Crippen molar-refractivity contribution in [1.29, 1.82) is 0 Å². The van der Waals surface area contributed by atoms with E-state index in [2.05, 4.69) is 42.7 Å². The number of fused-ring (bicyclic) bond motifs is 1. The zero-order chi connectivity index (χ0) is 25.5. The highest BCUT2D eigenvalue weighted by atomic mass is 16.1. The van der Waals surface area contributed by atoms with Gasteiger partial charge in [-0.1, -0.05) is 18.2 Å². The number of hydrogen-bond acceptors (Lipinski definition) is 6. The molecule has 2 aromatic heterocycles. The fourth-order valence-corrected chi connectivity index (χ4v) is 4.50. The lowest BCUT2D eigenvalue weighted by molar-refractivity contribution is 0.0950. The molecule has 4 aromatic rings. The summed E-state index contributed by atoms with van der Waals surface area (Å²) < 4.78 is 0. The molecule has 0 radical (unpaired) electrons. The normalized spacial score (nSPS) is 14.8. The summed E-state index contributed by atoms with van der Waals surface area (Å²) in [6.45, 7) is 6.09. The average molecular weight is 496 g/mol. The molecule has 0 spiro atoms. The molecule has 0 unspecified atom stereocenters. The van der Waals surface area contributed by atoms with Gasteiger partial charge in [-0.15, -0.1) is 0 Å². The van der Waals surface area contributed by atoms with Crippen LogP contribution < -0.4 is 10.6 Å². The van der Waals surface area contributed by atoms with Gasteiger partial charge >= 0.3 is 0 Å². The number of rotatable bonds is 9. The first kappa shape index (κ1) is 24.7. The van der Waals surface area contributed by atoms with Gasteiger partial charge in [0.05, 0.1) is 28.2 Å². The van der Waals surface area contributed by atoms with Crippen molar-refractivity contribution in [2.24, 2.45) is 0 Å². The Bertz CT molecular complexity index is 1360. The van der Waals surface area contributed by atoms with Crippen LogP contribution in [0.25, 0.3) is 23.1 Å². The van der Waals surface area contributed by atoms with Gasteiger partial charge in [-0.2, -0.15) is 5.10 Å². The fourth-order valence-electron chi connectivity index (χ4n) is 4.50. The van der Waals surface area contributed by atoms with E-state index in [1.807, 2.05) is 72.8 Å². The summed E-state index contributed by atoms with van der Waals surface area (Å²) in [5, 5.41) is 15.1. The van der Waals surface area contributed by atoms with Crippen LogP contribution in [0, 0.1) is 0 Å². The van der Waals surface area contributed by atoms with Crippen molar-refractivity contribution in [3.63, 3.8) is 0 Å². The number of anilines is 2. The maximum Gasteiger partial charge on any atom is 0.253 e. The van der Waals surface area contributed by atoms with Crippen molar-refractivity contribution < 1.29 is 4.79 Å². The van der Waals surface area contributed by atoms with Crippen LogP contribution in [0.4, 0.5) is 11.4 Å². The molecule has 1 saturated heterocycles. The van der Waals surface area contributed by atoms with Crippen molar-refractivity contribution in [2.75, 3.05) is 51.6 Å². The first-order chi connectivity index (χ1) is 18.2. The molecule has 8 nitrogen and oxygen atoms in total. The molecule has 8 heteroatoms. The standard InChI is InChI=1S/C29H33N7O/c1-35-17-19-36(20-18-35)16-6-15-31-29(37)25-8-2-3-9-26(25)32-23-10-12-24-27(33-34-28(24)21-23)13-11-22-7-4-5-14-30-22/h2-5,7-14,21,32H,6,15-20H2,1H3,(H,31,37)(H,33,34)/b13-11+. The van der Waals surface area contributed by atoms with Gasteiger partial charge in [0.2, 0.25) is 0 Å². The molecule has 0 atom stereocenters. The summed E-state index contributed by atoms with van der Waals surface area (Å²) in [5.41, 5.74) is 4.93. The number of benzene rings is 2. The van der Waals surface area contributed by atoms with E-state index in [0.717, 1.165) is 72.8 Å². The molecule has 5 rings (SSSR count). The lowest BCUT2D eigenvalue weighted by Gasteiger charge is -2.32. The van der Waals surface area contributed by atoms with E-state index in [-0.39, 0.29) is 5.91 Å². The van der Waals surface area contributed by atoms with Crippen LogP contribution in [0.15, 0.2) is 66.9 Å². The molecule has 0 bridgehead atoms. The quantitative estimate of drug-likeness (QED) is 0.301. The summed E-state index contributed by atoms with van der Waals surface area (Å²) in [5.74, 6) is -0.0639. The Morgan fingerprint density at radius 3 is 2.70 bits per heavy atom. The number of likely N-dealkylation sites (N-methyl/N-ethyl adjacent to an activating group) is 1. The lowest BCUT2D eigenvalue weighted by Crippen LogP contribution is -2.45. The first-order valence-electron chi connectivity index (χ1n) is 12.8. The molecular weight excluding hydrogens is 462 g/mol. The highest BCUT2D eigenvalue weighted by molar-refractivity contribution is 6.00. The van der Waals surface area contributed by atoms with Gasteiger partial charge in [0.15, 0.2) is 0 Å². The number of para-hydroxylation sites is 1.